The first-order valence-corrected chi connectivity index (χ1v) is 9.34. The van der Waals surface area contributed by atoms with Crippen molar-refractivity contribution in [2.75, 3.05) is 49.1 Å². The molecule has 4 rings (SSSR count). The van der Waals surface area contributed by atoms with E-state index in [-0.39, 0.29) is 5.91 Å². The molecule has 2 saturated heterocycles. The molecule has 8 nitrogen and oxygen atoms in total. The number of hydrogen-bond acceptors (Lipinski definition) is 7. The molecule has 8 heteroatoms. The summed E-state index contributed by atoms with van der Waals surface area (Å²) in [6.45, 7) is 4.73. The lowest BCUT2D eigenvalue weighted by atomic mass is 10.2. The van der Waals surface area contributed by atoms with Crippen molar-refractivity contribution in [3.63, 3.8) is 0 Å². The molecular weight excluding hydrogens is 332 g/mol. The molecule has 2 fully saturated rings. The van der Waals surface area contributed by atoms with E-state index in [2.05, 4.69) is 20.0 Å². The van der Waals surface area contributed by atoms with E-state index in [1.807, 2.05) is 4.90 Å². The molecule has 0 radical (unpaired) electrons. The average Bonchev–Trinajstić information content (AvgIpc) is 3.10. The molecule has 2 aromatic heterocycles. The van der Waals surface area contributed by atoms with Crippen LogP contribution >= 0.6 is 0 Å². The molecule has 2 aliphatic rings. The lowest BCUT2D eigenvalue weighted by Gasteiger charge is -2.35. The molecule has 138 valence electrons. The van der Waals surface area contributed by atoms with Crippen LogP contribution in [0, 0.1) is 0 Å². The highest BCUT2D eigenvalue weighted by Crippen LogP contribution is 2.19. The van der Waals surface area contributed by atoms with E-state index in [4.69, 9.17) is 9.40 Å². The normalized spacial score (nSPS) is 18.7. The maximum atomic E-state index is 12.4. The second-order valence-corrected chi connectivity index (χ2v) is 6.77. The molecule has 2 aliphatic heterocycles. The smallest absolute Gasteiger partial charge is 0.289 e. The minimum absolute atomic E-state index is 0.0549. The standard InChI is InChI=1S/C18H24N6O2/c25-17(15-6-5-13-26-15)23-11-9-22(10-12-23)16-14-19-21-18(20-16)24-7-3-1-2-4-8-24/h5-6,13-14H,1-4,7-12H2. The molecule has 1 amide bonds. The lowest BCUT2D eigenvalue weighted by molar-refractivity contribution is 0.0714. The molecule has 0 N–H and O–H groups in total. The minimum atomic E-state index is -0.0549. The van der Waals surface area contributed by atoms with Crippen molar-refractivity contribution < 1.29 is 9.21 Å². The van der Waals surface area contributed by atoms with E-state index in [1.165, 1.54) is 31.9 Å². The van der Waals surface area contributed by atoms with Crippen molar-refractivity contribution in [1.29, 1.82) is 0 Å². The summed E-state index contributed by atoms with van der Waals surface area (Å²) in [6.07, 6.45) is 8.15. The highest BCUT2D eigenvalue weighted by molar-refractivity contribution is 5.91. The van der Waals surface area contributed by atoms with Crippen molar-refractivity contribution in [2.24, 2.45) is 0 Å². The van der Waals surface area contributed by atoms with Gasteiger partial charge in [-0.15, -0.1) is 5.10 Å². The highest BCUT2D eigenvalue weighted by Gasteiger charge is 2.25. The summed E-state index contributed by atoms with van der Waals surface area (Å²) >= 11 is 0. The summed E-state index contributed by atoms with van der Waals surface area (Å²) < 4.78 is 5.21. The van der Waals surface area contributed by atoms with E-state index in [0.29, 0.717) is 18.8 Å². The van der Waals surface area contributed by atoms with Gasteiger partial charge in [0.1, 0.15) is 0 Å². The van der Waals surface area contributed by atoms with Gasteiger partial charge in [-0.05, 0) is 25.0 Å². The van der Waals surface area contributed by atoms with Gasteiger partial charge in [-0.1, -0.05) is 12.8 Å². The zero-order valence-corrected chi connectivity index (χ0v) is 14.9. The number of carbonyl (C=O) groups excluding carboxylic acids is 1. The molecule has 0 aliphatic carbocycles. The van der Waals surface area contributed by atoms with Crippen LogP contribution in [-0.2, 0) is 0 Å². The number of piperazine rings is 1. The number of rotatable bonds is 3. The molecule has 2 aromatic rings. The van der Waals surface area contributed by atoms with Gasteiger partial charge >= 0.3 is 0 Å². The van der Waals surface area contributed by atoms with Crippen molar-refractivity contribution in [1.82, 2.24) is 20.1 Å². The number of aromatic nitrogens is 3. The predicted molar refractivity (Wildman–Crippen MR) is 97.3 cm³/mol. The fraction of sp³-hybridized carbons (Fsp3) is 0.556. The fourth-order valence-corrected chi connectivity index (χ4v) is 3.54. The second-order valence-electron chi connectivity index (χ2n) is 6.77. The van der Waals surface area contributed by atoms with Gasteiger partial charge in [0.2, 0.25) is 5.95 Å². The quantitative estimate of drug-likeness (QED) is 0.830. The van der Waals surface area contributed by atoms with Crippen molar-refractivity contribution >= 4 is 17.7 Å². The van der Waals surface area contributed by atoms with Crippen molar-refractivity contribution in [2.45, 2.75) is 25.7 Å². The zero-order valence-electron chi connectivity index (χ0n) is 14.9. The van der Waals surface area contributed by atoms with Gasteiger partial charge < -0.3 is 19.1 Å². The van der Waals surface area contributed by atoms with Gasteiger partial charge in [-0.3, -0.25) is 4.79 Å². The first-order chi connectivity index (χ1) is 12.8. The summed E-state index contributed by atoms with van der Waals surface area (Å²) in [5, 5.41) is 8.41. The number of amides is 1. The minimum Gasteiger partial charge on any atom is -0.459 e. The van der Waals surface area contributed by atoms with Crippen LogP contribution in [-0.4, -0.2) is 65.3 Å². The molecular formula is C18H24N6O2. The number of nitrogens with zero attached hydrogens (tertiary/aromatic N) is 6. The van der Waals surface area contributed by atoms with Crippen LogP contribution in [0.2, 0.25) is 0 Å². The van der Waals surface area contributed by atoms with Gasteiger partial charge in [0.25, 0.3) is 5.91 Å². The highest BCUT2D eigenvalue weighted by atomic mass is 16.3. The Bertz CT molecular complexity index is 719. The van der Waals surface area contributed by atoms with Crippen LogP contribution in [0.15, 0.2) is 29.0 Å². The van der Waals surface area contributed by atoms with E-state index in [0.717, 1.165) is 37.9 Å². The maximum absolute atomic E-state index is 12.4. The molecule has 0 saturated carbocycles. The van der Waals surface area contributed by atoms with Crippen molar-refractivity contribution in [3.8, 4) is 0 Å². The summed E-state index contributed by atoms with van der Waals surface area (Å²) in [6, 6.07) is 3.44. The van der Waals surface area contributed by atoms with Gasteiger partial charge in [0.05, 0.1) is 12.5 Å². The zero-order chi connectivity index (χ0) is 17.8. The average molecular weight is 356 g/mol. The molecule has 4 heterocycles. The Labute approximate surface area is 152 Å². The summed E-state index contributed by atoms with van der Waals surface area (Å²) in [7, 11) is 0. The number of furan rings is 1. The van der Waals surface area contributed by atoms with Crippen LogP contribution in [0.1, 0.15) is 36.2 Å². The van der Waals surface area contributed by atoms with Crippen molar-refractivity contribution in [3.05, 3.63) is 30.4 Å². The summed E-state index contributed by atoms with van der Waals surface area (Å²) in [4.78, 5) is 23.3. The van der Waals surface area contributed by atoms with Crippen LogP contribution in [0.25, 0.3) is 0 Å². The van der Waals surface area contributed by atoms with Crippen LogP contribution < -0.4 is 9.80 Å². The maximum Gasteiger partial charge on any atom is 0.289 e. The Kier molecular flexibility index (Phi) is 4.99. The topological polar surface area (TPSA) is 78.6 Å². The monoisotopic (exact) mass is 356 g/mol. The molecule has 0 bridgehead atoms. The Morgan fingerprint density at radius 1 is 0.962 bits per heavy atom. The Hall–Kier alpha value is -2.64. The van der Waals surface area contributed by atoms with E-state index < -0.39 is 0 Å². The summed E-state index contributed by atoms with van der Waals surface area (Å²) in [5.41, 5.74) is 0. The third-order valence-corrected chi connectivity index (χ3v) is 5.05. The van der Waals surface area contributed by atoms with E-state index in [1.54, 1.807) is 18.3 Å². The number of anilines is 2. The molecule has 0 unspecified atom stereocenters. The number of hydrogen-bond donors (Lipinski definition) is 0. The number of carbonyl (C=O) groups is 1. The second kappa shape index (κ2) is 7.72. The first kappa shape index (κ1) is 16.8. The Balaban J connectivity index is 1.40. The SMILES string of the molecule is O=C(c1ccco1)N1CCN(c2cnnc(N3CCCCCC3)n2)CC1. The van der Waals surface area contributed by atoms with Gasteiger partial charge in [-0.2, -0.15) is 10.1 Å². The lowest BCUT2D eigenvalue weighted by Crippen LogP contribution is -2.49. The Morgan fingerprint density at radius 2 is 1.73 bits per heavy atom. The predicted octanol–water partition coefficient (Wildman–Crippen LogP) is 1.81. The summed E-state index contributed by atoms with van der Waals surface area (Å²) in [5.74, 6) is 1.90. The third kappa shape index (κ3) is 3.63. The molecule has 0 aromatic carbocycles. The van der Waals surface area contributed by atoms with Gasteiger partial charge in [-0.25, -0.2) is 0 Å². The van der Waals surface area contributed by atoms with Crippen LogP contribution in [0.3, 0.4) is 0 Å². The largest absolute Gasteiger partial charge is 0.459 e. The van der Waals surface area contributed by atoms with Crippen LogP contribution in [0.5, 0.6) is 0 Å². The van der Waals surface area contributed by atoms with Crippen LogP contribution in [0.4, 0.5) is 11.8 Å². The third-order valence-electron chi connectivity index (χ3n) is 5.05. The van der Waals surface area contributed by atoms with E-state index in [9.17, 15) is 4.79 Å². The molecule has 0 spiro atoms. The van der Waals surface area contributed by atoms with Gasteiger partial charge in [0, 0.05) is 39.3 Å². The molecule has 0 atom stereocenters. The van der Waals surface area contributed by atoms with E-state index >= 15 is 0 Å². The van der Waals surface area contributed by atoms with Gasteiger partial charge in [0.15, 0.2) is 11.6 Å². The molecule has 26 heavy (non-hydrogen) atoms. The first-order valence-electron chi connectivity index (χ1n) is 9.34. The Morgan fingerprint density at radius 3 is 2.42 bits per heavy atom. The fourth-order valence-electron chi connectivity index (χ4n) is 3.54.